The van der Waals surface area contributed by atoms with Crippen LogP contribution >= 0.6 is 0 Å². The number of aromatic nitrogens is 2. The maximum absolute atomic E-state index is 14.2. The number of carbonyl (C=O) groups is 1. The molecule has 2 aromatic rings. The normalized spacial score (nSPS) is 20.2. The Balaban J connectivity index is 1.54. The molecule has 1 aliphatic rings. The minimum atomic E-state index is -0.357. The van der Waals surface area contributed by atoms with Gasteiger partial charge >= 0.3 is 6.03 Å². The molecule has 25 heavy (non-hydrogen) atoms. The van der Waals surface area contributed by atoms with Gasteiger partial charge in [-0.25, -0.2) is 14.2 Å². The van der Waals surface area contributed by atoms with Gasteiger partial charge in [0.1, 0.15) is 5.82 Å². The molecule has 1 aromatic heterocycles. The van der Waals surface area contributed by atoms with Crippen LogP contribution in [0.15, 0.2) is 36.9 Å². The first-order valence-corrected chi connectivity index (χ1v) is 8.51. The zero-order chi connectivity index (χ0) is 17.6. The lowest BCUT2D eigenvalue weighted by Gasteiger charge is -2.31. The Morgan fingerprint density at radius 2 is 2.24 bits per heavy atom. The molecular weight excluding hydrogens is 323 g/mol. The molecule has 0 radical (unpaired) electrons. The second-order valence-electron chi connectivity index (χ2n) is 6.25. The van der Waals surface area contributed by atoms with E-state index in [4.69, 9.17) is 4.74 Å². The van der Waals surface area contributed by atoms with Crippen molar-refractivity contribution < 1.29 is 13.9 Å². The molecule has 0 unspecified atom stereocenters. The second kappa shape index (κ2) is 8.11. The fraction of sp³-hybridized carbons (Fsp3) is 0.444. The van der Waals surface area contributed by atoms with Gasteiger partial charge in [0.15, 0.2) is 0 Å². The summed E-state index contributed by atoms with van der Waals surface area (Å²) >= 11 is 0. The highest BCUT2D eigenvalue weighted by Crippen LogP contribution is 2.20. The van der Waals surface area contributed by atoms with E-state index >= 15 is 0 Å². The van der Waals surface area contributed by atoms with E-state index in [-0.39, 0.29) is 30.5 Å². The van der Waals surface area contributed by atoms with Crippen molar-refractivity contribution in [3.8, 4) is 5.69 Å². The third-order valence-electron chi connectivity index (χ3n) is 4.57. The third-order valence-corrected chi connectivity index (χ3v) is 4.57. The summed E-state index contributed by atoms with van der Waals surface area (Å²) in [5.74, 6) is -0.357. The van der Waals surface area contributed by atoms with Gasteiger partial charge in [0.2, 0.25) is 0 Å². The van der Waals surface area contributed by atoms with E-state index in [1.807, 2.05) is 0 Å². The number of urea groups is 1. The van der Waals surface area contributed by atoms with Gasteiger partial charge in [-0.1, -0.05) is 18.9 Å². The zero-order valence-corrected chi connectivity index (χ0v) is 14.2. The van der Waals surface area contributed by atoms with Crippen LogP contribution in [-0.4, -0.2) is 34.8 Å². The molecule has 1 aliphatic carbocycles. The molecule has 6 nitrogen and oxygen atoms in total. The van der Waals surface area contributed by atoms with E-state index < -0.39 is 0 Å². The highest BCUT2D eigenvalue weighted by molar-refractivity contribution is 5.74. The number of carbonyl (C=O) groups excluding carboxylic acids is 1. The average Bonchev–Trinajstić information content (AvgIpc) is 3.15. The minimum absolute atomic E-state index is 0.0269. The third kappa shape index (κ3) is 4.36. The van der Waals surface area contributed by atoms with Gasteiger partial charge in [-0.3, -0.25) is 0 Å². The number of benzene rings is 1. The Morgan fingerprint density at radius 3 is 2.96 bits per heavy atom. The first-order valence-electron chi connectivity index (χ1n) is 8.51. The molecule has 1 saturated carbocycles. The smallest absolute Gasteiger partial charge is 0.315 e. The van der Waals surface area contributed by atoms with Crippen molar-refractivity contribution in [3.05, 3.63) is 48.3 Å². The largest absolute Gasteiger partial charge is 0.379 e. The zero-order valence-electron chi connectivity index (χ0n) is 14.2. The summed E-state index contributed by atoms with van der Waals surface area (Å²) in [5.41, 5.74) is 1.12. The number of hydrogen-bond donors (Lipinski definition) is 2. The number of halogens is 1. The van der Waals surface area contributed by atoms with Crippen LogP contribution in [0.3, 0.4) is 0 Å². The Kier molecular flexibility index (Phi) is 5.65. The second-order valence-corrected chi connectivity index (χ2v) is 6.25. The van der Waals surface area contributed by atoms with Gasteiger partial charge in [-0.05, 0) is 30.5 Å². The summed E-state index contributed by atoms with van der Waals surface area (Å²) in [6.07, 6.45) is 8.97. The Hall–Kier alpha value is -2.41. The molecule has 1 heterocycles. The molecule has 2 amide bonds. The molecule has 2 atom stereocenters. The molecule has 0 aliphatic heterocycles. The first kappa shape index (κ1) is 17.4. The Bertz CT molecular complexity index is 705. The maximum Gasteiger partial charge on any atom is 0.315 e. The first-order chi connectivity index (χ1) is 12.2. The van der Waals surface area contributed by atoms with Gasteiger partial charge in [-0.15, -0.1) is 0 Å². The number of methoxy groups -OCH3 is 1. The van der Waals surface area contributed by atoms with Gasteiger partial charge < -0.3 is 19.9 Å². The monoisotopic (exact) mass is 346 g/mol. The predicted molar refractivity (Wildman–Crippen MR) is 91.9 cm³/mol. The molecule has 1 fully saturated rings. The van der Waals surface area contributed by atoms with Crippen LogP contribution in [0, 0.1) is 5.82 Å². The van der Waals surface area contributed by atoms with Crippen LogP contribution in [0.25, 0.3) is 5.69 Å². The van der Waals surface area contributed by atoms with Gasteiger partial charge in [0, 0.05) is 26.0 Å². The van der Waals surface area contributed by atoms with E-state index in [1.165, 1.54) is 6.07 Å². The minimum Gasteiger partial charge on any atom is -0.379 e. The summed E-state index contributed by atoms with van der Waals surface area (Å²) in [6.45, 7) is 0.261. The van der Waals surface area contributed by atoms with Crippen molar-refractivity contribution in [2.24, 2.45) is 0 Å². The van der Waals surface area contributed by atoms with Crippen LogP contribution in [0.1, 0.15) is 31.2 Å². The van der Waals surface area contributed by atoms with E-state index in [0.29, 0.717) is 11.3 Å². The predicted octanol–water partition coefficient (Wildman–Crippen LogP) is 2.77. The van der Waals surface area contributed by atoms with Crippen molar-refractivity contribution in [2.45, 2.75) is 44.4 Å². The summed E-state index contributed by atoms with van der Waals surface area (Å²) in [5, 5.41) is 5.74. The highest BCUT2D eigenvalue weighted by Gasteiger charge is 2.26. The van der Waals surface area contributed by atoms with E-state index in [9.17, 15) is 9.18 Å². The topological polar surface area (TPSA) is 68.2 Å². The summed E-state index contributed by atoms with van der Waals surface area (Å²) in [6, 6.07) is 4.66. The van der Waals surface area contributed by atoms with Crippen LogP contribution in [0.5, 0.6) is 0 Å². The molecule has 0 bridgehead atoms. The Morgan fingerprint density at radius 1 is 1.40 bits per heavy atom. The fourth-order valence-electron chi connectivity index (χ4n) is 3.22. The fourth-order valence-corrected chi connectivity index (χ4v) is 3.22. The van der Waals surface area contributed by atoms with Gasteiger partial charge in [0.25, 0.3) is 0 Å². The van der Waals surface area contributed by atoms with Crippen molar-refractivity contribution in [3.63, 3.8) is 0 Å². The van der Waals surface area contributed by atoms with Crippen molar-refractivity contribution in [1.29, 1.82) is 0 Å². The van der Waals surface area contributed by atoms with E-state index in [1.54, 1.807) is 42.5 Å². The number of nitrogens with one attached hydrogen (secondary N) is 2. The number of amides is 2. The van der Waals surface area contributed by atoms with Crippen LogP contribution < -0.4 is 10.6 Å². The average molecular weight is 346 g/mol. The van der Waals surface area contributed by atoms with Crippen LogP contribution in [-0.2, 0) is 11.3 Å². The lowest BCUT2D eigenvalue weighted by molar-refractivity contribution is 0.0452. The van der Waals surface area contributed by atoms with Crippen molar-refractivity contribution in [2.75, 3.05) is 7.11 Å². The number of imidazole rings is 1. The molecule has 1 aromatic carbocycles. The number of nitrogens with zero attached hydrogens (tertiary/aromatic N) is 2. The van der Waals surface area contributed by atoms with Crippen LogP contribution in [0.2, 0.25) is 0 Å². The standard InChI is InChI=1S/C18H23FN4O2/c1-25-17-5-3-2-4-15(17)22-18(24)21-11-13-6-7-16(14(19)10-13)23-9-8-20-12-23/h6-10,12,15,17H,2-5,11H2,1H3,(H2,21,22,24)/t15-,17-/m1/s1. The number of hydrogen-bond acceptors (Lipinski definition) is 3. The van der Waals surface area contributed by atoms with Crippen molar-refractivity contribution in [1.82, 2.24) is 20.2 Å². The van der Waals surface area contributed by atoms with Gasteiger partial charge in [-0.2, -0.15) is 0 Å². The quantitative estimate of drug-likeness (QED) is 0.875. The molecular formula is C18H23FN4O2. The van der Waals surface area contributed by atoms with Crippen LogP contribution in [0.4, 0.5) is 9.18 Å². The molecule has 3 rings (SSSR count). The SMILES string of the molecule is CO[C@@H]1CCCC[C@H]1NC(=O)NCc1ccc(-n2ccnc2)c(F)c1. The Labute approximate surface area is 146 Å². The lowest BCUT2D eigenvalue weighted by atomic mass is 9.92. The number of ether oxygens (including phenoxy) is 1. The van der Waals surface area contributed by atoms with Gasteiger partial charge in [0.05, 0.1) is 24.2 Å². The molecule has 0 spiro atoms. The molecule has 134 valence electrons. The summed E-state index contributed by atoms with van der Waals surface area (Å²) in [7, 11) is 1.67. The number of rotatable bonds is 5. The lowest BCUT2D eigenvalue weighted by Crippen LogP contribution is -2.49. The summed E-state index contributed by atoms with van der Waals surface area (Å²) in [4.78, 5) is 16.0. The summed E-state index contributed by atoms with van der Waals surface area (Å²) < 4.78 is 21.3. The van der Waals surface area contributed by atoms with E-state index in [0.717, 1.165) is 25.7 Å². The molecule has 2 N–H and O–H groups in total. The highest BCUT2D eigenvalue weighted by atomic mass is 19.1. The van der Waals surface area contributed by atoms with E-state index in [2.05, 4.69) is 15.6 Å². The molecule has 7 heteroatoms. The maximum atomic E-state index is 14.2. The molecule has 0 saturated heterocycles. The van der Waals surface area contributed by atoms with Crippen molar-refractivity contribution >= 4 is 6.03 Å².